The summed E-state index contributed by atoms with van der Waals surface area (Å²) in [6.45, 7) is 2.43. The summed E-state index contributed by atoms with van der Waals surface area (Å²) in [5.74, 6) is 0. The predicted octanol–water partition coefficient (Wildman–Crippen LogP) is 3.02. The second-order valence-electron chi connectivity index (χ2n) is 5.60. The summed E-state index contributed by atoms with van der Waals surface area (Å²) in [5.41, 5.74) is 4.38. The molecule has 2 heterocycles. The van der Waals surface area contributed by atoms with Crippen LogP contribution in [0.3, 0.4) is 0 Å². The van der Waals surface area contributed by atoms with Gasteiger partial charge in [0.2, 0.25) is 0 Å². The standard InChI is InChI=1S/C17H15N3O2S/c1-12-5-4-6-14(9-12)23(21,22)20-11-13-10-18-16-8-3-2-7-15(16)17(13)19-20/h2-9,11,18H,10H2,1H3. The summed E-state index contributed by atoms with van der Waals surface area (Å²) in [4.78, 5) is 0.249. The molecule has 0 atom stereocenters. The van der Waals surface area contributed by atoms with Crippen molar-refractivity contribution in [2.24, 2.45) is 0 Å². The van der Waals surface area contributed by atoms with Gasteiger partial charge in [0, 0.05) is 29.6 Å². The van der Waals surface area contributed by atoms with Crippen LogP contribution in [0.25, 0.3) is 11.3 Å². The van der Waals surface area contributed by atoms with E-state index in [2.05, 4.69) is 10.4 Å². The van der Waals surface area contributed by atoms with Gasteiger partial charge in [-0.15, -0.1) is 0 Å². The summed E-state index contributed by atoms with van der Waals surface area (Å²) in [5, 5.41) is 7.64. The fourth-order valence-corrected chi connectivity index (χ4v) is 4.04. The monoisotopic (exact) mass is 325 g/mol. The number of nitrogens with zero attached hydrogens (tertiary/aromatic N) is 2. The number of hydrogen-bond acceptors (Lipinski definition) is 4. The lowest BCUT2D eigenvalue weighted by Gasteiger charge is -2.16. The molecule has 1 aliphatic rings. The van der Waals surface area contributed by atoms with Gasteiger partial charge in [-0.05, 0) is 30.7 Å². The van der Waals surface area contributed by atoms with E-state index in [1.807, 2.05) is 37.3 Å². The van der Waals surface area contributed by atoms with Gasteiger partial charge in [-0.3, -0.25) is 0 Å². The van der Waals surface area contributed by atoms with Crippen LogP contribution in [0.15, 0.2) is 59.6 Å². The normalized spacial score (nSPS) is 13.1. The molecule has 1 aliphatic heterocycles. The molecule has 1 N–H and O–H groups in total. The molecule has 0 amide bonds. The molecule has 0 saturated carbocycles. The minimum Gasteiger partial charge on any atom is -0.380 e. The molecule has 2 aromatic carbocycles. The number of nitrogens with one attached hydrogen (secondary N) is 1. The molecule has 5 nitrogen and oxygen atoms in total. The average Bonchev–Trinajstić information content (AvgIpc) is 3.00. The second-order valence-corrected chi connectivity index (χ2v) is 7.39. The highest BCUT2D eigenvalue weighted by Gasteiger charge is 2.24. The highest BCUT2D eigenvalue weighted by atomic mass is 32.2. The van der Waals surface area contributed by atoms with E-state index in [0.717, 1.165) is 32.2 Å². The zero-order valence-electron chi connectivity index (χ0n) is 12.5. The van der Waals surface area contributed by atoms with Crippen molar-refractivity contribution in [1.29, 1.82) is 0 Å². The van der Waals surface area contributed by atoms with Crippen molar-refractivity contribution in [2.45, 2.75) is 18.4 Å². The van der Waals surface area contributed by atoms with Crippen LogP contribution < -0.4 is 5.32 Å². The summed E-state index contributed by atoms with van der Waals surface area (Å²) in [7, 11) is -3.68. The van der Waals surface area contributed by atoms with E-state index < -0.39 is 10.0 Å². The Balaban J connectivity index is 1.86. The zero-order chi connectivity index (χ0) is 16.0. The van der Waals surface area contributed by atoms with E-state index in [1.54, 1.807) is 24.4 Å². The lowest BCUT2D eigenvalue weighted by Crippen LogP contribution is -2.13. The van der Waals surface area contributed by atoms with Crippen LogP contribution >= 0.6 is 0 Å². The minimum atomic E-state index is -3.68. The van der Waals surface area contributed by atoms with Crippen LogP contribution in [-0.2, 0) is 16.6 Å². The zero-order valence-corrected chi connectivity index (χ0v) is 13.3. The molecule has 0 saturated heterocycles. The third kappa shape index (κ3) is 2.22. The molecule has 0 spiro atoms. The first-order valence-corrected chi connectivity index (χ1v) is 8.74. The maximum Gasteiger partial charge on any atom is 0.282 e. The summed E-state index contributed by atoms with van der Waals surface area (Å²) >= 11 is 0. The Kier molecular flexibility index (Phi) is 3.02. The second kappa shape index (κ2) is 4.96. The number of benzene rings is 2. The van der Waals surface area contributed by atoms with E-state index in [4.69, 9.17) is 0 Å². The molecule has 0 bridgehead atoms. The number of rotatable bonds is 2. The minimum absolute atomic E-state index is 0.249. The van der Waals surface area contributed by atoms with Gasteiger partial charge in [0.05, 0.1) is 4.90 Å². The Morgan fingerprint density at radius 2 is 1.96 bits per heavy atom. The Bertz CT molecular complexity index is 1010. The largest absolute Gasteiger partial charge is 0.380 e. The summed E-state index contributed by atoms with van der Waals surface area (Å²) < 4.78 is 26.7. The topological polar surface area (TPSA) is 64.0 Å². The van der Waals surface area contributed by atoms with E-state index in [0.29, 0.717) is 6.54 Å². The van der Waals surface area contributed by atoms with E-state index >= 15 is 0 Å². The first kappa shape index (κ1) is 14.0. The number of hydrogen-bond donors (Lipinski definition) is 1. The summed E-state index contributed by atoms with van der Waals surface area (Å²) in [6.07, 6.45) is 1.59. The lowest BCUT2D eigenvalue weighted by atomic mass is 10.0. The van der Waals surface area contributed by atoms with Crippen molar-refractivity contribution < 1.29 is 8.42 Å². The number of aromatic nitrogens is 2. The Hall–Kier alpha value is -2.60. The van der Waals surface area contributed by atoms with Gasteiger partial charge < -0.3 is 5.32 Å². The SMILES string of the molecule is Cc1cccc(S(=O)(=O)n2cc3c(n2)-c2ccccc2NC3)c1. The van der Waals surface area contributed by atoms with Crippen LogP contribution in [0, 0.1) is 6.92 Å². The molecular weight excluding hydrogens is 310 g/mol. The van der Waals surface area contributed by atoms with Crippen molar-refractivity contribution in [3.05, 3.63) is 65.9 Å². The van der Waals surface area contributed by atoms with Gasteiger partial charge in [-0.2, -0.15) is 17.6 Å². The fourth-order valence-electron chi connectivity index (χ4n) is 2.78. The number of aryl methyl sites for hydroxylation is 1. The van der Waals surface area contributed by atoms with Crippen LogP contribution in [0.4, 0.5) is 5.69 Å². The van der Waals surface area contributed by atoms with E-state index in [9.17, 15) is 8.42 Å². The molecule has 3 aromatic rings. The van der Waals surface area contributed by atoms with E-state index in [-0.39, 0.29) is 4.90 Å². The molecule has 23 heavy (non-hydrogen) atoms. The molecule has 4 rings (SSSR count). The molecule has 0 unspecified atom stereocenters. The van der Waals surface area contributed by atoms with Gasteiger partial charge in [-0.25, -0.2) is 0 Å². The Morgan fingerprint density at radius 3 is 2.78 bits per heavy atom. The summed E-state index contributed by atoms with van der Waals surface area (Å²) in [6, 6.07) is 14.6. The molecule has 0 radical (unpaired) electrons. The number of para-hydroxylation sites is 1. The third-order valence-corrected chi connectivity index (χ3v) is 5.48. The van der Waals surface area contributed by atoms with Crippen molar-refractivity contribution in [1.82, 2.24) is 9.19 Å². The molecule has 1 aromatic heterocycles. The van der Waals surface area contributed by atoms with Crippen LogP contribution in [0.5, 0.6) is 0 Å². The Morgan fingerprint density at radius 1 is 1.13 bits per heavy atom. The lowest BCUT2D eigenvalue weighted by molar-refractivity contribution is 0.580. The van der Waals surface area contributed by atoms with Gasteiger partial charge in [-0.1, -0.05) is 30.3 Å². The van der Waals surface area contributed by atoms with Crippen molar-refractivity contribution >= 4 is 15.7 Å². The first-order valence-electron chi connectivity index (χ1n) is 7.30. The highest BCUT2D eigenvalue weighted by Crippen LogP contribution is 2.34. The number of anilines is 1. The van der Waals surface area contributed by atoms with Crippen LogP contribution in [-0.4, -0.2) is 17.6 Å². The van der Waals surface area contributed by atoms with Crippen molar-refractivity contribution in [3.8, 4) is 11.3 Å². The smallest absolute Gasteiger partial charge is 0.282 e. The maximum atomic E-state index is 12.8. The molecule has 116 valence electrons. The Labute approximate surface area is 134 Å². The highest BCUT2D eigenvalue weighted by molar-refractivity contribution is 7.89. The first-order chi connectivity index (χ1) is 11.1. The number of fused-ring (bicyclic) bond motifs is 3. The average molecular weight is 325 g/mol. The molecular formula is C17H15N3O2S. The third-order valence-electron chi connectivity index (χ3n) is 3.95. The fraction of sp³-hybridized carbons (Fsp3) is 0.118. The quantitative estimate of drug-likeness (QED) is 0.786. The maximum absolute atomic E-state index is 12.8. The van der Waals surface area contributed by atoms with Gasteiger partial charge in [0.25, 0.3) is 10.0 Å². The molecule has 6 heteroatoms. The van der Waals surface area contributed by atoms with Crippen molar-refractivity contribution in [3.63, 3.8) is 0 Å². The predicted molar refractivity (Wildman–Crippen MR) is 88.8 cm³/mol. The van der Waals surface area contributed by atoms with Crippen LogP contribution in [0.1, 0.15) is 11.1 Å². The van der Waals surface area contributed by atoms with Gasteiger partial charge in [0.15, 0.2) is 0 Å². The van der Waals surface area contributed by atoms with E-state index in [1.165, 1.54) is 0 Å². The van der Waals surface area contributed by atoms with Crippen molar-refractivity contribution in [2.75, 3.05) is 5.32 Å². The molecule has 0 fully saturated rings. The molecule has 0 aliphatic carbocycles. The van der Waals surface area contributed by atoms with Gasteiger partial charge >= 0.3 is 0 Å². The van der Waals surface area contributed by atoms with Gasteiger partial charge in [0.1, 0.15) is 5.69 Å². The van der Waals surface area contributed by atoms with Crippen LogP contribution in [0.2, 0.25) is 0 Å².